The SMILES string of the molecule is CC[C@@H]1S[C@H](C)C[C@@H](OC(C)=O)[C@H]1C. The third kappa shape index (κ3) is 2.91. The van der Waals surface area contributed by atoms with Gasteiger partial charge in [-0.3, -0.25) is 4.79 Å². The van der Waals surface area contributed by atoms with Crippen molar-refractivity contribution in [2.24, 2.45) is 5.92 Å². The number of hydrogen-bond donors (Lipinski definition) is 0. The predicted octanol–water partition coefficient (Wildman–Crippen LogP) is 2.86. The number of thioether (sulfide) groups is 1. The Kier molecular flexibility index (Phi) is 4.30. The van der Waals surface area contributed by atoms with Crippen LogP contribution in [-0.4, -0.2) is 22.6 Å². The van der Waals surface area contributed by atoms with Crippen molar-refractivity contribution in [1.82, 2.24) is 0 Å². The average molecular weight is 216 g/mol. The maximum Gasteiger partial charge on any atom is 0.302 e. The van der Waals surface area contributed by atoms with E-state index in [1.165, 1.54) is 6.92 Å². The minimum atomic E-state index is -0.143. The molecule has 1 fully saturated rings. The lowest BCUT2D eigenvalue weighted by Gasteiger charge is -2.37. The molecule has 3 heteroatoms. The molecular formula is C11H20O2S. The van der Waals surface area contributed by atoms with E-state index in [4.69, 9.17) is 4.74 Å². The largest absolute Gasteiger partial charge is 0.462 e. The molecule has 2 nitrogen and oxygen atoms in total. The van der Waals surface area contributed by atoms with Crippen LogP contribution in [0, 0.1) is 5.92 Å². The molecule has 0 aromatic carbocycles. The van der Waals surface area contributed by atoms with Gasteiger partial charge in [0.1, 0.15) is 6.10 Å². The molecular weight excluding hydrogens is 196 g/mol. The zero-order chi connectivity index (χ0) is 10.7. The van der Waals surface area contributed by atoms with Crippen LogP contribution in [0.25, 0.3) is 0 Å². The second-order valence-electron chi connectivity index (χ2n) is 4.14. The summed E-state index contributed by atoms with van der Waals surface area (Å²) in [5.74, 6) is 0.348. The van der Waals surface area contributed by atoms with Crippen LogP contribution in [-0.2, 0) is 9.53 Å². The summed E-state index contributed by atoms with van der Waals surface area (Å²) in [6, 6.07) is 0. The molecule has 1 aliphatic rings. The summed E-state index contributed by atoms with van der Waals surface area (Å²) < 4.78 is 5.35. The van der Waals surface area contributed by atoms with Crippen LogP contribution in [0.3, 0.4) is 0 Å². The summed E-state index contributed by atoms with van der Waals surface area (Å²) in [5, 5.41) is 1.25. The maximum atomic E-state index is 10.9. The smallest absolute Gasteiger partial charge is 0.302 e. The maximum absolute atomic E-state index is 10.9. The van der Waals surface area contributed by atoms with E-state index in [0.717, 1.165) is 12.8 Å². The first kappa shape index (κ1) is 11.9. The quantitative estimate of drug-likeness (QED) is 0.664. The fourth-order valence-electron chi connectivity index (χ4n) is 2.10. The Bertz CT molecular complexity index is 205. The second kappa shape index (κ2) is 5.06. The van der Waals surface area contributed by atoms with Gasteiger partial charge in [-0.05, 0) is 12.8 Å². The summed E-state index contributed by atoms with van der Waals surface area (Å²) in [5.41, 5.74) is 0. The van der Waals surface area contributed by atoms with E-state index in [2.05, 4.69) is 20.8 Å². The zero-order valence-corrected chi connectivity index (χ0v) is 10.3. The molecule has 0 radical (unpaired) electrons. The van der Waals surface area contributed by atoms with Gasteiger partial charge in [-0.15, -0.1) is 0 Å². The molecule has 1 aliphatic heterocycles. The number of rotatable bonds is 2. The van der Waals surface area contributed by atoms with E-state index in [0.29, 0.717) is 16.4 Å². The Hall–Kier alpha value is -0.180. The van der Waals surface area contributed by atoms with Crippen molar-refractivity contribution in [3.05, 3.63) is 0 Å². The fourth-order valence-corrected chi connectivity index (χ4v) is 3.61. The van der Waals surface area contributed by atoms with E-state index in [-0.39, 0.29) is 12.1 Å². The molecule has 0 bridgehead atoms. The van der Waals surface area contributed by atoms with Crippen LogP contribution in [0.5, 0.6) is 0 Å². The lowest BCUT2D eigenvalue weighted by atomic mass is 9.94. The van der Waals surface area contributed by atoms with Crippen molar-refractivity contribution in [3.63, 3.8) is 0 Å². The molecule has 1 saturated heterocycles. The van der Waals surface area contributed by atoms with Crippen LogP contribution >= 0.6 is 11.8 Å². The molecule has 1 rings (SSSR count). The highest BCUT2D eigenvalue weighted by Crippen LogP contribution is 2.38. The predicted molar refractivity (Wildman–Crippen MR) is 60.5 cm³/mol. The first-order chi connectivity index (χ1) is 6.54. The lowest BCUT2D eigenvalue weighted by molar-refractivity contribution is -0.149. The van der Waals surface area contributed by atoms with Crippen molar-refractivity contribution in [2.75, 3.05) is 0 Å². The number of carbonyl (C=O) groups is 1. The van der Waals surface area contributed by atoms with E-state index < -0.39 is 0 Å². The van der Waals surface area contributed by atoms with Gasteiger partial charge in [-0.2, -0.15) is 11.8 Å². The Labute approximate surface area is 90.8 Å². The van der Waals surface area contributed by atoms with Gasteiger partial charge in [-0.25, -0.2) is 0 Å². The highest BCUT2D eigenvalue weighted by molar-refractivity contribution is 8.00. The molecule has 0 saturated carbocycles. The van der Waals surface area contributed by atoms with Gasteiger partial charge in [0.2, 0.25) is 0 Å². The summed E-state index contributed by atoms with van der Waals surface area (Å²) >= 11 is 2.03. The van der Waals surface area contributed by atoms with Crippen molar-refractivity contribution >= 4 is 17.7 Å². The van der Waals surface area contributed by atoms with Crippen LogP contribution in [0.4, 0.5) is 0 Å². The van der Waals surface area contributed by atoms with Gasteiger partial charge in [-0.1, -0.05) is 20.8 Å². The Morgan fingerprint density at radius 1 is 1.50 bits per heavy atom. The van der Waals surface area contributed by atoms with Crippen LogP contribution in [0.15, 0.2) is 0 Å². The molecule has 0 unspecified atom stereocenters. The molecule has 0 N–H and O–H groups in total. The minimum Gasteiger partial charge on any atom is -0.462 e. The normalized spacial score (nSPS) is 38.0. The van der Waals surface area contributed by atoms with Gasteiger partial charge in [0, 0.05) is 23.3 Å². The first-order valence-corrected chi connectivity index (χ1v) is 6.31. The average Bonchev–Trinajstić information content (AvgIpc) is 2.09. The number of esters is 1. The zero-order valence-electron chi connectivity index (χ0n) is 9.45. The lowest BCUT2D eigenvalue weighted by Crippen LogP contribution is -2.38. The molecule has 0 spiro atoms. The van der Waals surface area contributed by atoms with Gasteiger partial charge in [0.05, 0.1) is 0 Å². The summed E-state index contributed by atoms with van der Waals surface area (Å²) in [4.78, 5) is 10.9. The van der Waals surface area contributed by atoms with Gasteiger partial charge < -0.3 is 4.74 Å². The van der Waals surface area contributed by atoms with E-state index in [9.17, 15) is 4.79 Å². The molecule has 0 aromatic heterocycles. The van der Waals surface area contributed by atoms with Crippen molar-refractivity contribution < 1.29 is 9.53 Å². The molecule has 0 aliphatic carbocycles. The van der Waals surface area contributed by atoms with Crippen LogP contribution in [0.1, 0.15) is 40.5 Å². The van der Waals surface area contributed by atoms with Crippen LogP contribution in [0.2, 0.25) is 0 Å². The second-order valence-corrected chi connectivity index (χ2v) is 5.82. The minimum absolute atomic E-state index is 0.133. The number of carbonyl (C=O) groups excluding carboxylic acids is 1. The molecule has 1 heterocycles. The Morgan fingerprint density at radius 3 is 2.64 bits per heavy atom. The number of ether oxygens (including phenoxy) is 1. The molecule has 14 heavy (non-hydrogen) atoms. The molecule has 4 atom stereocenters. The third-order valence-corrected chi connectivity index (χ3v) is 4.63. The molecule has 0 amide bonds. The Morgan fingerprint density at radius 2 is 2.14 bits per heavy atom. The van der Waals surface area contributed by atoms with E-state index in [1.54, 1.807) is 0 Å². The Balaban J connectivity index is 2.59. The molecule has 82 valence electrons. The van der Waals surface area contributed by atoms with Gasteiger partial charge >= 0.3 is 5.97 Å². The topological polar surface area (TPSA) is 26.3 Å². The highest BCUT2D eigenvalue weighted by atomic mass is 32.2. The van der Waals surface area contributed by atoms with Gasteiger partial charge in [0.25, 0.3) is 0 Å². The monoisotopic (exact) mass is 216 g/mol. The van der Waals surface area contributed by atoms with Gasteiger partial charge in [0.15, 0.2) is 0 Å². The highest BCUT2D eigenvalue weighted by Gasteiger charge is 2.34. The summed E-state index contributed by atoms with van der Waals surface area (Å²) in [6.07, 6.45) is 2.30. The standard InChI is InChI=1S/C11H20O2S/c1-5-11-8(3)10(13-9(4)12)6-7(2)14-11/h7-8,10-11H,5-6H2,1-4H3/t7-,8-,10-,11+/m1/s1. The van der Waals surface area contributed by atoms with Crippen molar-refractivity contribution in [2.45, 2.75) is 57.1 Å². The van der Waals surface area contributed by atoms with E-state index >= 15 is 0 Å². The number of hydrogen-bond acceptors (Lipinski definition) is 3. The third-order valence-electron chi connectivity index (χ3n) is 2.86. The first-order valence-electron chi connectivity index (χ1n) is 5.37. The summed E-state index contributed by atoms with van der Waals surface area (Å²) in [6.45, 7) is 8.12. The summed E-state index contributed by atoms with van der Waals surface area (Å²) in [7, 11) is 0. The van der Waals surface area contributed by atoms with E-state index in [1.807, 2.05) is 11.8 Å². The molecule has 0 aromatic rings. The van der Waals surface area contributed by atoms with Crippen LogP contribution < -0.4 is 0 Å². The fraction of sp³-hybridized carbons (Fsp3) is 0.909. The van der Waals surface area contributed by atoms with Crippen molar-refractivity contribution in [3.8, 4) is 0 Å². The van der Waals surface area contributed by atoms with Crippen molar-refractivity contribution in [1.29, 1.82) is 0 Å².